The third kappa shape index (κ3) is 13.4. The van der Waals surface area contributed by atoms with Crippen molar-refractivity contribution in [2.24, 2.45) is 0 Å². The highest BCUT2D eigenvalue weighted by molar-refractivity contribution is 5.73. The van der Waals surface area contributed by atoms with Gasteiger partial charge in [-0.05, 0) is 25.7 Å². The lowest BCUT2D eigenvalue weighted by Gasteiger charge is -2.34. The van der Waals surface area contributed by atoms with Crippen LogP contribution in [0.2, 0.25) is 0 Å². The number of unbranched alkanes of at least 4 members (excludes halogenated alkanes) is 9. The van der Waals surface area contributed by atoms with E-state index in [1.54, 1.807) is 0 Å². The molecule has 0 aliphatic heterocycles. The first kappa shape index (κ1) is 24.1. The zero-order chi connectivity index (χ0) is 19.8. The number of carbonyl (C=O) groups is 3. The number of hydrogen-bond donors (Lipinski definition) is 3. The van der Waals surface area contributed by atoms with E-state index in [1.165, 1.54) is 25.7 Å². The van der Waals surface area contributed by atoms with Crippen LogP contribution in [-0.2, 0) is 14.4 Å². The predicted molar refractivity (Wildman–Crippen MR) is 99.0 cm³/mol. The van der Waals surface area contributed by atoms with Gasteiger partial charge in [-0.25, -0.2) is 14.4 Å². The van der Waals surface area contributed by atoms with Gasteiger partial charge in [-0.1, -0.05) is 44.6 Å². The fourth-order valence-electron chi connectivity index (χ4n) is 3.24. The van der Waals surface area contributed by atoms with Gasteiger partial charge in [0.2, 0.25) is 0 Å². The van der Waals surface area contributed by atoms with Gasteiger partial charge in [0.05, 0.1) is 6.54 Å². The SMILES string of the molecule is C=CCCCCCCCCCCC[N+](CC(=O)O)(CC(=O)O)CC(=O)O. The van der Waals surface area contributed by atoms with Gasteiger partial charge in [-0.2, -0.15) is 0 Å². The van der Waals surface area contributed by atoms with Gasteiger partial charge in [-0.3, -0.25) is 4.48 Å². The largest absolute Gasteiger partial charge is 0.477 e. The van der Waals surface area contributed by atoms with E-state index in [1.807, 2.05) is 6.08 Å². The Labute approximate surface area is 155 Å². The van der Waals surface area contributed by atoms with Crippen LogP contribution in [-0.4, -0.2) is 63.9 Å². The predicted octanol–water partition coefficient (Wildman–Crippen LogP) is 3.14. The summed E-state index contributed by atoms with van der Waals surface area (Å²) in [4.78, 5) is 33.2. The third-order valence-electron chi connectivity index (χ3n) is 4.45. The van der Waals surface area contributed by atoms with Crippen molar-refractivity contribution in [3.05, 3.63) is 12.7 Å². The number of allylic oxidation sites excluding steroid dienone is 1. The minimum absolute atomic E-state index is 0.256. The highest BCUT2D eigenvalue weighted by Crippen LogP contribution is 2.14. The summed E-state index contributed by atoms with van der Waals surface area (Å²) >= 11 is 0. The number of aliphatic carboxylic acids is 3. The Morgan fingerprint density at radius 1 is 0.654 bits per heavy atom. The topological polar surface area (TPSA) is 112 Å². The zero-order valence-electron chi connectivity index (χ0n) is 15.7. The van der Waals surface area contributed by atoms with Crippen LogP contribution in [0.5, 0.6) is 0 Å². The fourth-order valence-corrected chi connectivity index (χ4v) is 3.24. The molecule has 0 saturated carbocycles. The lowest BCUT2D eigenvalue weighted by atomic mass is 10.1. The van der Waals surface area contributed by atoms with Crippen molar-refractivity contribution in [1.29, 1.82) is 0 Å². The standard InChI is InChI=1S/C19H33NO6/c1-2-3-4-5-6-7-8-9-10-11-12-13-20(14-17(21)22,15-18(23)24)16-19(25)26/h2H,1,3-16H2,(H2-,21,22,23,24,25,26)/p+1. The van der Waals surface area contributed by atoms with Crippen molar-refractivity contribution >= 4 is 17.9 Å². The van der Waals surface area contributed by atoms with Crippen molar-refractivity contribution < 1.29 is 34.2 Å². The van der Waals surface area contributed by atoms with Crippen LogP contribution in [0, 0.1) is 0 Å². The molecule has 150 valence electrons. The van der Waals surface area contributed by atoms with Crippen LogP contribution in [0.1, 0.15) is 64.2 Å². The molecule has 0 aromatic rings. The Balaban J connectivity index is 4.15. The molecule has 0 bridgehead atoms. The van der Waals surface area contributed by atoms with Crippen LogP contribution < -0.4 is 0 Å². The molecule has 0 atom stereocenters. The second kappa shape index (κ2) is 14.3. The minimum Gasteiger partial charge on any atom is -0.477 e. The first-order valence-electron chi connectivity index (χ1n) is 9.43. The molecule has 0 aromatic heterocycles. The molecular formula is C19H34NO6+. The number of hydrogen-bond acceptors (Lipinski definition) is 3. The highest BCUT2D eigenvalue weighted by atomic mass is 16.4. The monoisotopic (exact) mass is 372 g/mol. The van der Waals surface area contributed by atoms with Crippen LogP contribution in [0.4, 0.5) is 0 Å². The zero-order valence-corrected chi connectivity index (χ0v) is 15.7. The molecule has 0 rings (SSSR count). The summed E-state index contributed by atoms with van der Waals surface area (Å²) in [5, 5.41) is 27.1. The number of quaternary nitrogens is 1. The Morgan fingerprint density at radius 2 is 1.00 bits per heavy atom. The van der Waals surface area contributed by atoms with Crippen LogP contribution in [0.25, 0.3) is 0 Å². The van der Waals surface area contributed by atoms with E-state index in [2.05, 4.69) is 6.58 Å². The molecule has 0 unspecified atom stereocenters. The van der Waals surface area contributed by atoms with E-state index in [0.29, 0.717) is 6.42 Å². The summed E-state index contributed by atoms with van der Waals surface area (Å²) in [6.45, 7) is 2.51. The molecule has 7 heteroatoms. The van der Waals surface area contributed by atoms with E-state index >= 15 is 0 Å². The van der Waals surface area contributed by atoms with Gasteiger partial charge in [0.1, 0.15) is 0 Å². The average Bonchev–Trinajstić information content (AvgIpc) is 2.50. The number of carboxylic acid groups (broad SMARTS) is 3. The molecule has 0 radical (unpaired) electrons. The molecule has 7 nitrogen and oxygen atoms in total. The average molecular weight is 372 g/mol. The molecule has 3 N–H and O–H groups in total. The van der Waals surface area contributed by atoms with Crippen LogP contribution >= 0.6 is 0 Å². The van der Waals surface area contributed by atoms with Gasteiger partial charge in [-0.15, -0.1) is 6.58 Å². The second-order valence-corrected chi connectivity index (χ2v) is 6.98. The van der Waals surface area contributed by atoms with E-state index in [-0.39, 0.29) is 6.54 Å². The molecular weight excluding hydrogens is 338 g/mol. The Kier molecular flexibility index (Phi) is 13.3. The summed E-state index contributed by atoms with van der Waals surface area (Å²) < 4.78 is -0.441. The summed E-state index contributed by atoms with van der Waals surface area (Å²) in [5.41, 5.74) is 0. The summed E-state index contributed by atoms with van der Waals surface area (Å²) in [6.07, 6.45) is 12.6. The molecule has 0 aromatic carbocycles. The van der Waals surface area contributed by atoms with E-state index in [4.69, 9.17) is 15.3 Å². The summed E-state index contributed by atoms with van der Waals surface area (Å²) in [7, 11) is 0. The quantitative estimate of drug-likeness (QED) is 0.194. The van der Waals surface area contributed by atoms with Crippen LogP contribution in [0.15, 0.2) is 12.7 Å². The fraction of sp³-hybridized carbons (Fsp3) is 0.737. The lowest BCUT2D eigenvalue weighted by molar-refractivity contribution is -0.907. The van der Waals surface area contributed by atoms with Gasteiger partial charge in [0.15, 0.2) is 19.6 Å². The van der Waals surface area contributed by atoms with Gasteiger partial charge in [0, 0.05) is 0 Å². The number of rotatable bonds is 18. The van der Waals surface area contributed by atoms with Gasteiger partial charge >= 0.3 is 17.9 Å². The van der Waals surface area contributed by atoms with Crippen molar-refractivity contribution in [2.45, 2.75) is 64.2 Å². The maximum Gasteiger partial charge on any atom is 0.359 e. The van der Waals surface area contributed by atoms with Crippen molar-refractivity contribution in [1.82, 2.24) is 0 Å². The normalized spacial score (nSPS) is 11.2. The number of carboxylic acids is 3. The Hall–Kier alpha value is -1.89. The maximum absolute atomic E-state index is 11.1. The van der Waals surface area contributed by atoms with E-state index < -0.39 is 42.0 Å². The van der Waals surface area contributed by atoms with Crippen LogP contribution in [0.3, 0.4) is 0 Å². The number of nitrogens with zero attached hydrogens (tertiary/aromatic N) is 1. The molecule has 0 saturated heterocycles. The first-order valence-corrected chi connectivity index (χ1v) is 9.43. The highest BCUT2D eigenvalue weighted by Gasteiger charge is 2.35. The van der Waals surface area contributed by atoms with E-state index in [9.17, 15) is 14.4 Å². The Bertz CT molecular complexity index is 409. The minimum atomic E-state index is -1.18. The molecule has 0 spiro atoms. The maximum atomic E-state index is 11.1. The molecule has 0 amide bonds. The summed E-state index contributed by atoms with van der Waals surface area (Å²) in [6, 6.07) is 0. The molecule has 0 aliphatic carbocycles. The molecule has 0 fully saturated rings. The van der Waals surface area contributed by atoms with Crippen molar-refractivity contribution in [3.63, 3.8) is 0 Å². The summed E-state index contributed by atoms with van der Waals surface area (Å²) in [5.74, 6) is -3.53. The molecule has 0 aliphatic rings. The van der Waals surface area contributed by atoms with Gasteiger partial charge in [0.25, 0.3) is 0 Å². The second-order valence-electron chi connectivity index (χ2n) is 6.98. The Morgan fingerprint density at radius 3 is 1.35 bits per heavy atom. The first-order chi connectivity index (χ1) is 12.3. The molecule has 26 heavy (non-hydrogen) atoms. The van der Waals surface area contributed by atoms with Crippen molar-refractivity contribution in [2.75, 3.05) is 26.2 Å². The third-order valence-corrected chi connectivity index (χ3v) is 4.45. The van der Waals surface area contributed by atoms with Gasteiger partial charge < -0.3 is 15.3 Å². The smallest absolute Gasteiger partial charge is 0.359 e. The molecule has 0 heterocycles. The lowest BCUT2D eigenvalue weighted by Crippen LogP contribution is -2.57. The van der Waals surface area contributed by atoms with Crippen molar-refractivity contribution in [3.8, 4) is 0 Å². The van der Waals surface area contributed by atoms with E-state index in [0.717, 1.165) is 32.1 Å².